The zero-order valence-electron chi connectivity index (χ0n) is 19.2. The van der Waals surface area contributed by atoms with Gasteiger partial charge in [0.05, 0.1) is 18.4 Å². The van der Waals surface area contributed by atoms with E-state index in [0.29, 0.717) is 22.8 Å². The van der Waals surface area contributed by atoms with Crippen LogP contribution in [0.25, 0.3) is 28.6 Å². The van der Waals surface area contributed by atoms with Crippen molar-refractivity contribution in [3.05, 3.63) is 41.7 Å². The van der Waals surface area contributed by atoms with Crippen LogP contribution in [-0.2, 0) is 11.0 Å². The lowest BCUT2D eigenvalue weighted by Gasteiger charge is -2.13. The van der Waals surface area contributed by atoms with Gasteiger partial charge in [0.15, 0.2) is 18.1 Å². The lowest BCUT2D eigenvalue weighted by Crippen LogP contribution is -2.27. The molecule has 35 heavy (non-hydrogen) atoms. The van der Waals surface area contributed by atoms with Gasteiger partial charge in [-0.1, -0.05) is 0 Å². The summed E-state index contributed by atoms with van der Waals surface area (Å²) >= 11 is 0. The molecule has 0 aliphatic heterocycles. The van der Waals surface area contributed by atoms with Gasteiger partial charge in [0.25, 0.3) is 5.91 Å². The van der Waals surface area contributed by atoms with Crippen molar-refractivity contribution in [2.24, 2.45) is 0 Å². The molecule has 0 fully saturated rings. The molecule has 3 aromatic heterocycles. The first-order valence-electron chi connectivity index (χ1n) is 10.2. The molecule has 0 saturated carbocycles. The van der Waals surface area contributed by atoms with E-state index in [1.165, 1.54) is 22.7 Å². The third-order valence-electron chi connectivity index (χ3n) is 5.14. The Balaban J connectivity index is 1.71. The van der Waals surface area contributed by atoms with E-state index in [2.05, 4.69) is 15.1 Å². The minimum absolute atomic E-state index is 0.0776. The number of likely N-dealkylation sites (N-methyl/N-ethyl adjacent to an activating group) is 1. The second-order valence-electron chi connectivity index (χ2n) is 7.74. The predicted molar refractivity (Wildman–Crippen MR) is 119 cm³/mol. The molecule has 13 heteroatoms. The summed E-state index contributed by atoms with van der Waals surface area (Å²) in [5, 5.41) is 4.39. The van der Waals surface area contributed by atoms with Crippen molar-refractivity contribution in [1.82, 2.24) is 24.5 Å². The molecule has 10 nitrogen and oxygen atoms in total. The lowest BCUT2D eigenvalue weighted by atomic mass is 10.1. The maximum Gasteiger partial charge on any atom is 0.419 e. The number of fused-ring (bicyclic) bond motifs is 1. The number of alkyl halides is 3. The Morgan fingerprint density at radius 1 is 1.20 bits per heavy atom. The van der Waals surface area contributed by atoms with Crippen molar-refractivity contribution < 1.29 is 31.9 Å². The summed E-state index contributed by atoms with van der Waals surface area (Å²) in [5.41, 5.74) is 5.67. The first-order chi connectivity index (χ1) is 16.5. The molecule has 1 aromatic carbocycles. The SMILES string of the molecule is COc1cc(-c2nn3c(-c4cnc(N)c(C(F)(F)F)c4)c(C)nc3o2)ccc1OCC(=O)N(C)C. The summed E-state index contributed by atoms with van der Waals surface area (Å²) < 4.78 is 57.9. The van der Waals surface area contributed by atoms with Crippen LogP contribution in [0.4, 0.5) is 19.0 Å². The summed E-state index contributed by atoms with van der Waals surface area (Å²) in [6, 6.07) is 5.73. The number of hydrogen-bond acceptors (Lipinski definition) is 8. The van der Waals surface area contributed by atoms with Gasteiger partial charge in [-0.15, -0.1) is 5.10 Å². The molecule has 0 bridgehead atoms. The van der Waals surface area contributed by atoms with Gasteiger partial charge in [-0.2, -0.15) is 22.7 Å². The van der Waals surface area contributed by atoms with Gasteiger partial charge < -0.3 is 24.5 Å². The molecular weight excluding hydrogens is 469 g/mol. The molecular formula is C22H21F3N6O4. The number of methoxy groups -OCH3 is 1. The highest BCUT2D eigenvalue weighted by Gasteiger charge is 2.34. The monoisotopic (exact) mass is 490 g/mol. The lowest BCUT2D eigenvalue weighted by molar-refractivity contribution is -0.137. The number of carbonyl (C=O) groups excluding carboxylic acids is 1. The second kappa shape index (κ2) is 8.81. The molecule has 0 saturated heterocycles. The van der Waals surface area contributed by atoms with Crippen LogP contribution >= 0.6 is 0 Å². The summed E-state index contributed by atoms with van der Waals surface area (Å²) in [5.74, 6) is 0.0444. The quantitative estimate of drug-likeness (QED) is 0.436. The van der Waals surface area contributed by atoms with Crippen LogP contribution in [0, 0.1) is 6.92 Å². The molecule has 0 spiro atoms. The molecule has 0 aliphatic carbocycles. The van der Waals surface area contributed by atoms with Crippen LogP contribution in [0.5, 0.6) is 11.5 Å². The van der Waals surface area contributed by atoms with Gasteiger partial charge in [-0.3, -0.25) is 4.79 Å². The second-order valence-corrected chi connectivity index (χ2v) is 7.74. The number of ether oxygens (including phenoxy) is 2. The third-order valence-corrected chi connectivity index (χ3v) is 5.14. The summed E-state index contributed by atoms with van der Waals surface area (Å²) in [4.78, 5) is 21.2. The van der Waals surface area contributed by atoms with Crippen molar-refractivity contribution in [2.75, 3.05) is 33.5 Å². The fourth-order valence-corrected chi connectivity index (χ4v) is 3.32. The molecule has 2 N–H and O–H groups in total. The van der Waals surface area contributed by atoms with Crippen LogP contribution < -0.4 is 15.2 Å². The number of halogens is 3. The number of pyridine rings is 1. The topological polar surface area (TPSA) is 121 Å². The number of carbonyl (C=O) groups is 1. The minimum Gasteiger partial charge on any atom is -0.493 e. The van der Waals surface area contributed by atoms with Crippen molar-refractivity contribution in [3.63, 3.8) is 0 Å². The number of hydrogen-bond donors (Lipinski definition) is 1. The van der Waals surface area contributed by atoms with Gasteiger partial charge >= 0.3 is 12.0 Å². The fourth-order valence-electron chi connectivity index (χ4n) is 3.32. The van der Waals surface area contributed by atoms with Gasteiger partial charge in [0, 0.05) is 31.4 Å². The number of anilines is 1. The average molecular weight is 490 g/mol. The molecule has 4 rings (SSSR count). The van der Waals surface area contributed by atoms with Crippen LogP contribution in [0.15, 0.2) is 34.9 Å². The number of amides is 1. The van der Waals surface area contributed by atoms with E-state index in [1.807, 2.05) is 0 Å². The number of rotatable bonds is 6. The normalized spacial score (nSPS) is 11.6. The Labute approximate surface area is 197 Å². The largest absolute Gasteiger partial charge is 0.493 e. The number of aryl methyl sites for hydroxylation is 1. The van der Waals surface area contributed by atoms with Crippen molar-refractivity contribution in [1.29, 1.82) is 0 Å². The highest BCUT2D eigenvalue weighted by atomic mass is 19.4. The number of nitrogens with two attached hydrogens (primary N) is 1. The van der Waals surface area contributed by atoms with Gasteiger partial charge in [-0.05, 0) is 31.2 Å². The molecule has 0 aliphatic rings. The van der Waals surface area contributed by atoms with Crippen LogP contribution in [0.3, 0.4) is 0 Å². The Morgan fingerprint density at radius 3 is 2.60 bits per heavy atom. The van der Waals surface area contributed by atoms with E-state index >= 15 is 0 Å². The maximum absolute atomic E-state index is 13.3. The Bertz CT molecular complexity index is 1410. The molecule has 0 unspecified atom stereocenters. The molecule has 1 amide bonds. The highest BCUT2D eigenvalue weighted by molar-refractivity contribution is 5.77. The van der Waals surface area contributed by atoms with Crippen molar-refractivity contribution in [2.45, 2.75) is 13.1 Å². The minimum atomic E-state index is -4.67. The predicted octanol–water partition coefficient (Wildman–Crippen LogP) is 3.44. The first-order valence-corrected chi connectivity index (χ1v) is 10.2. The number of benzene rings is 1. The summed E-state index contributed by atoms with van der Waals surface area (Å²) in [7, 11) is 4.67. The van der Waals surface area contributed by atoms with E-state index in [4.69, 9.17) is 19.6 Å². The van der Waals surface area contributed by atoms with Crippen molar-refractivity contribution >= 4 is 17.6 Å². The van der Waals surface area contributed by atoms with E-state index in [1.54, 1.807) is 39.2 Å². The molecule has 4 aromatic rings. The Hall–Kier alpha value is -4.29. The Kier molecular flexibility index (Phi) is 6.01. The van der Waals surface area contributed by atoms with E-state index in [9.17, 15) is 18.0 Å². The van der Waals surface area contributed by atoms with E-state index in [-0.39, 0.29) is 35.5 Å². The number of nitrogens with zero attached hydrogens (tertiary/aromatic N) is 5. The zero-order valence-corrected chi connectivity index (χ0v) is 19.2. The highest BCUT2D eigenvalue weighted by Crippen LogP contribution is 2.37. The van der Waals surface area contributed by atoms with Gasteiger partial charge in [-0.25, -0.2) is 4.98 Å². The molecule has 0 atom stereocenters. The number of aromatic nitrogens is 4. The molecule has 3 heterocycles. The van der Waals surface area contributed by atoms with E-state index < -0.39 is 17.6 Å². The van der Waals surface area contributed by atoms with E-state index in [0.717, 1.165) is 6.07 Å². The standard InChI is InChI=1S/C22H21F3N6O4/c1-11-18(13-7-14(22(23,24)25)19(26)27-9-13)31-21(28-11)35-20(29-31)12-5-6-15(16(8-12)33-4)34-10-17(32)30(2)3/h5-9H,10H2,1-4H3,(H2,26,27). The average Bonchev–Trinajstić information content (AvgIpc) is 3.33. The van der Waals surface area contributed by atoms with Gasteiger partial charge in [0.1, 0.15) is 11.5 Å². The third kappa shape index (κ3) is 4.56. The molecule has 184 valence electrons. The smallest absolute Gasteiger partial charge is 0.419 e. The maximum atomic E-state index is 13.3. The summed E-state index contributed by atoms with van der Waals surface area (Å²) in [6.45, 7) is 1.45. The van der Waals surface area contributed by atoms with Crippen LogP contribution in [-0.4, -0.2) is 58.2 Å². The van der Waals surface area contributed by atoms with Crippen molar-refractivity contribution in [3.8, 4) is 34.2 Å². The molecule has 0 radical (unpaired) electrons. The van der Waals surface area contributed by atoms with Crippen LogP contribution in [0.1, 0.15) is 11.3 Å². The summed E-state index contributed by atoms with van der Waals surface area (Å²) in [6.07, 6.45) is -3.45. The first kappa shape index (κ1) is 23.9. The van der Waals surface area contributed by atoms with Gasteiger partial charge in [0.2, 0.25) is 5.89 Å². The fraction of sp³-hybridized carbons (Fsp3) is 0.273. The Morgan fingerprint density at radius 2 is 1.94 bits per heavy atom. The zero-order chi connectivity index (χ0) is 25.5. The van der Waals surface area contributed by atoms with Crippen LogP contribution in [0.2, 0.25) is 0 Å². The number of nitrogen functional groups attached to an aromatic ring is 1. The number of imidazole rings is 1.